The number of sulfonamides is 1. The van der Waals surface area contributed by atoms with E-state index in [4.69, 9.17) is 9.56 Å². The molecule has 0 aliphatic rings. The minimum Gasteiger partial charge on any atom is -0.508 e. The van der Waals surface area contributed by atoms with E-state index in [-0.39, 0.29) is 29.4 Å². The highest BCUT2D eigenvalue weighted by Crippen LogP contribution is 2.23. The molecule has 8 nitrogen and oxygen atoms in total. The zero-order chi connectivity index (χ0) is 21.9. The smallest absolute Gasteiger partial charge is 0.339 e. The van der Waals surface area contributed by atoms with Crippen molar-refractivity contribution in [2.75, 3.05) is 6.54 Å². The van der Waals surface area contributed by atoms with Gasteiger partial charge in [-0.2, -0.15) is 0 Å². The number of nitrogens with two attached hydrogens (primary N) is 1. The van der Waals surface area contributed by atoms with Crippen LogP contribution in [0.4, 0.5) is 0 Å². The van der Waals surface area contributed by atoms with Crippen LogP contribution in [-0.4, -0.2) is 26.0 Å². The third-order valence-corrected chi connectivity index (χ3v) is 5.79. The first-order valence-electron chi connectivity index (χ1n) is 9.29. The maximum absolute atomic E-state index is 12.2. The number of aromatic hydroxyl groups is 1. The van der Waals surface area contributed by atoms with E-state index in [1.54, 1.807) is 25.1 Å². The van der Waals surface area contributed by atoms with Gasteiger partial charge in [0, 0.05) is 30.0 Å². The highest BCUT2D eigenvalue weighted by molar-refractivity contribution is 7.89. The van der Waals surface area contributed by atoms with Crippen molar-refractivity contribution in [3.8, 4) is 5.75 Å². The summed E-state index contributed by atoms with van der Waals surface area (Å²) >= 11 is 0. The number of primary sulfonamides is 1. The van der Waals surface area contributed by atoms with Crippen LogP contribution in [0.25, 0.3) is 11.0 Å². The Labute approximate surface area is 173 Å². The number of aryl methyl sites for hydroxylation is 1. The van der Waals surface area contributed by atoms with Crippen LogP contribution in [0.2, 0.25) is 0 Å². The number of benzene rings is 2. The first kappa shape index (κ1) is 21.5. The number of hydrogen-bond acceptors (Lipinski definition) is 6. The molecule has 1 aromatic heterocycles. The highest BCUT2D eigenvalue weighted by Gasteiger charge is 2.13. The Morgan fingerprint density at radius 2 is 1.83 bits per heavy atom. The topological polar surface area (TPSA) is 140 Å². The Hall–Kier alpha value is -3.17. The fraction of sp³-hybridized carbons (Fsp3) is 0.238. The fourth-order valence-corrected chi connectivity index (χ4v) is 3.71. The Bertz CT molecular complexity index is 1250. The summed E-state index contributed by atoms with van der Waals surface area (Å²) < 4.78 is 27.8. The molecule has 0 radical (unpaired) electrons. The number of phenols is 1. The van der Waals surface area contributed by atoms with E-state index in [0.29, 0.717) is 29.5 Å². The summed E-state index contributed by atoms with van der Waals surface area (Å²) in [5.74, 6) is -0.197. The molecule has 9 heteroatoms. The van der Waals surface area contributed by atoms with Gasteiger partial charge < -0.3 is 14.8 Å². The predicted molar refractivity (Wildman–Crippen MR) is 112 cm³/mol. The van der Waals surface area contributed by atoms with Crippen LogP contribution in [0.3, 0.4) is 0 Å². The summed E-state index contributed by atoms with van der Waals surface area (Å²) in [4.78, 5) is 24.4. The minimum absolute atomic E-state index is 0.0106. The molecule has 3 rings (SSSR count). The lowest BCUT2D eigenvalue weighted by Crippen LogP contribution is -2.26. The van der Waals surface area contributed by atoms with E-state index in [2.05, 4.69) is 5.32 Å². The fourth-order valence-electron chi connectivity index (χ4n) is 3.19. The summed E-state index contributed by atoms with van der Waals surface area (Å²) in [6.45, 7) is 2.16. The molecule has 0 unspecified atom stereocenters. The lowest BCUT2D eigenvalue weighted by molar-refractivity contribution is -0.121. The molecule has 0 atom stereocenters. The van der Waals surface area contributed by atoms with Gasteiger partial charge in [-0.1, -0.05) is 12.1 Å². The van der Waals surface area contributed by atoms with Crippen LogP contribution in [0.5, 0.6) is 5.75 Å². The molecule has 0 saturated carbocycles. The van der Waals surface area contributed by atoms with Crippen LogP contribution in [0, 0.1) is 6.92 Å². The molecule has 0 fully saturated rings. The van der Waals surface area contributed by atoms with Crippen molar-refractivity contribution >= 4 is 26.9 Å². The molecule has 4 N–H and O–H groups in total. The van der Waals surface area contributed by atoms with E-state index in [0.717, 1.165) is 11.1 Å². The second-order valence-corrected chi connectivity index (χ2v) is 8.52. The largest absolute Gasteiger partial charge is 0.508 e. The molecule has 0 aliphatic heterocycles. The van der Waals surface area contributed by atoms with Crippen molar-refractivity contribution in [2.24, 2.45) is 5.14 Å². The van der Waals surface area contributed by atoms with Crippen LogP contribution in [0.1, 0.15) is 23.1 Å². The van der Waals surface area contributed by atoms with E-state index < -0.39 is 15.6 Å². The molecule has 1 heterocycles. The third kappa shape index (κ3) is 5.05. The summed E-state index contributed by atoms with van der Waals surface area (Å²) in [5, 5.41) is 18.1. The van der Waals surface area contributed by atoms with Gasteiger partial charge >= 0.3 is 5.63 Å². The second-order valence-electron chi connectivity index (χ2n) is 6.96. The van der Waals surface area contributed by atoms with Crippen molar-refractivity contribution in [1.82, 2.24) is 5.32 Å². The molecule has 158 valence electrons. The van der Waals surface area contributed by atoms with Gasteiger partial charge in [-0.15, -0.1) is 0 Å². The second kappa shape index (κ2) is 8.68. The Morgan fingerprint density at radius 3 is 2.50 bits per heavy atom. The summed E-state index contributed by atoms with van der Waals surface area (Å²) in [7, 11) is -3.73. The molecule has 1 amide bonds. The maximum atomic E-state index is 12.2. The van der Waals surface area contributed by atoms with Crippen molar-refractivity contribution in [1.29, 1.82) is 0 Å². The molecular formula is C21H22N2O6S. The van der Waals surface area contributed by atoms with Gasteiger partial charge in [-0.3, -0.25) is 4.79 Å². The quantitative estimate of drug-likeness (QED) is 0.488. The standard InChI is InChI=1S/C21H22N2O6S/c1-13-17-7-4-15(24)12-19(17)29-21(26)18(13)8-9-20(25)23-11-10-14-2-5-16(6-3-14)30(22,27)28/h2-7,12,24H,8-11H2,1H3,(H,23,25)(H2,22,27,28). The lowest BCUT2D eigenvalue weighted by atomic mass is 10.0. The number of amides is 1. The molecule has 3 aromatic rings. The lowest BCUT2D eigenvalue weighted by Gasteiger charge is -2.09. The summed E-state index contributed by atoms with van der Waals surface area (Å²) in [6.07, 6.45) is 0.886. The normalized spacial score (nSPS) is 11.5. The van der Waals surface area contributed by atoms with Gasteiger partial charge in [0.05, 0.1) is 4.90 Å². The predicted octanol–water partition coefficient (Wildman–Crippen LogP) is 1.75. The van der Waals surface area contributed by atoms with E-state index in [1.807, 2.05) is 0 Å². The van der Waals surface area contributed by atoms with Gasteiger partial charge in [0.25, 0.3) is 0 Å². The van der Waals surface area contributed by atoms with Crippen LogP contribution >= 0.6 is 0 Å². The first-order chi connectivity index (χ1) is 14.1. The van der Waals surface area contributed by atoms with Crippen LogP contribution in [-0.2, 0) is 27.7 Å². The third-order valence-electron chi connectivity index (χ3n) is 4.86. The van der Waals surface area contributed by atoms with Crippen LogP contribution < -0.4 is 16.1 Å². The van der Waals surface area contributed by atoms with Gasteiger partial charge in [0.15, 0.2) is 0 Å². The highest BCUT2D eigenvalue weighted by atomic mass is 32.2. The van der Waals surface area contributed by atoms with Crippen molar-refractivity contribution in [3.05, 3.63) is 69.6 Å². The average Bonchev–Trinajstić information content (AvgIpc) is 2.67. The van der Waals surface area contributed by atoms with Crippen LogP contribution in [0.15, 0.2) is 56.6 Å². The molecule has 0 aliphatic carbocycles. The maximum Gasteiger partial charge on any atom is 0.339 e. The zero-order valence-corrected chi connectivity index (χ0v) is 17.2. The number of carbonyl (C=O) groups is 1. The van der Waals surface area contributed by atoms with Crippen molar-refractivity contribution in [2.45, 2.75) is 31.1 Å². The Kier molecular flexibility index (Phi) is 6.23. The van der Waals surface area contributed by atoms with E-state index >= 15 is 0 Å². The summed E-state index contributed by atoms with van der Waals surface area (Å²) in [5.41, 5.74) is 1.80. The molecule has 0 spiro atoms. The SMILES string of the molecule is Cc1c(CCC(=O)NCCc2ccc(S(N)(=O)=O)cc2)c(=O)oc2cc(O)ccc12. The van der Waals surface area contributed by atoms with E-state index in [9.17, 15) is 23.1 Å². The number of fused-ring (bicyclic) bond motifs is 1. The molecule has 30 heavy (non-hydrogen) atoms. The van der Waals surface area contributed by atoms with Gasteiger partial charge in [-0.25, -0.2) is 18.4 Å². The molecule has 0 bridgehead atoms. The number of carbonyl (C=O) groups excluding carboxylic acids is 1. The minimum atomic E-state index is -3.73. The zero-order valence-electron chi connectivity index (χ0n) is 16.3. The monoisotopic (exact) mass is 430 g/mol. The van der Waals surface area contributed by atoms with Crippen molar-refractivity contribution in [3.63, 3.8) is 0 Å². The summed E-state index contributed by atoms with van der Waals surface area (Å²) in [6, 6.07) is 10.7. The first-order valence-corrected chi connectivity index (χ1v) is 10.8. The number of nitrogens with one attached hydrogen (secondary N) is 1. The Morgan fingerprint density at radius 1 is 1.13 bits per heavy atom. The Balaban J connectivity index is 1.56. The van der Waals surface area contributed by atoms with Gasteiger partial charge in [-0.05, 0) is 55.2 Å². The van der Waals surface area contributed by atoms with Gasteiger partial charge in [0.1, 0.15) is 11.3 Å². The number of phenolic OH excluding ortho intramolecular Hbond substituents is 1. The number of rotatable bonds is 7. The van der Waals surface area contributed by atoms with E-state index in [1.165, 1.54) is 24.3 Å². The van der Waals surface area contributed by atoms with Gasteiger partial charge in [0.2, 0.25) is 15.9 Å². The average molecular weight is 430 g/mol. The number of hydrogen-bond donors (Lipinski definition) is 3. The molecule has 0 saturated heterocycles. The van der Waals surface area contributed by atoms with Crippen molar-refractivity contribution < 1.29 is 22.7 Å². The molecular weight excluding hydrogens is 408 g/mol. The molecule has 2 aromatic carbocycles.